The van der Waals surface area contributed by atoms with Gasteiger partial charge in [0.25, 0.3) is 0 Å². The van der Waals surface area contributed by atoms with E-state index in [0.29, 0.717) is 27.2 Å². The summed E-state index contributed by atoms with van der Waals surface area (Å²) >= 11 is 12.0. The van der Waals surface area contributed by atoms with Gasteiger partial charge < -0.3 is 20.7 Å². The maximum atomic E-state index is 12.3. The summed E-state index contributed by atoms with van der Waals surface area (Å²) in [5.41, 5.74) is 1.76. The summed E-state index contributed by atoms with van der Waals surface area (Å²) in [6, 6.07) is 10.0. The second kappa shape index (κ2) is 11.5. The smallest absolute Gasteiger partial charge is 0.243 e. The summed E-state index contributed by atoms with van der Waals surface area (Å²) < 4.78 is 5.19. The Balaban J connectivity index is 1.78. The number of likely N-dealkylation sites (N-methyl/N-ethyl adjacent to an activating group) is 1. The van der Waals surface area contributed by atoms with Gasteiger partial charge in [0.2, 0.25) is 17.7 Å². The fourth-order valence-corrected chi connectivity index (χ4v) is 3.03. The first-order valence-electron chi connectivity index (χ1n) is 9.33. The van der Waals surface area contributed by atoms with E-state index in [4.69, 9.17) is 27.9 Å². The van der Waals surface area contributed by atoms with E-state index in [2.05, 4.69) is 16.0 Å². The zero-order valence-electron chi connectivity index (χ0n) is 17.4. The van der Waals surface area contributed by atoms with Gasteiger partial charge in [-0.1, -0.05) is 29.3 Å². The van der Waals surface area contributed by atoms with Gasteiger partial charge in [0, 0.05) is 15.7 Å². The number of hydrogen-bond donors (Lipinski definition) is 3. The van der Waals surface area contributed by atoms with Crippen molar-refractivity contribution in [3.05, 3.63) is 52.0 Å². The Morgan fingerprint density at radius 3 is 2.35 bits per heavy atom. The van der Waals surface area contributed by atoms with Crippen LogP contribution in [0.25, 0.3) is 0 Å². The van der Waals surface area contributed by atoms with Crippen molar-refractivity contribution in [3.8, 4) is 5.75 Å². The molecular weight excluding hydrogens is 443 g/mol. The zero-order valence-corrected chi connectivity index (χ0v) is 18.9. The molecule has 0 aliphatic rings. The van der Waals surface area contributed by atoms with Gasteiger partial charge in [-0.2, -0.15) is 0 Å². The molecule has 0 radical (unpaired) electrons. The molecule has 3 N–H and O–H groups in total. The Bertz CT molecular complexity index is 968. The lowest BCUT2D eigenvalue weighted by Crippen LogP contribution is -2.41. The average molecular weight is 467 g/mol. The number of ether oxygens (including phenoxy) is 1. The van der Waals surface area contributed by atoms with Crippen molar-refractivity contribution >= 4 is 52.3 Å². The highest BCUT2D eigenvalue weighted by atomic mass is 35.5. The molecule has 166 valence electrons. The summed E-state index contributed by atoms with van der Waals surface area (Å²) in [6.45, 7) is 1.47. The Morgan fingerprint density at radius 1 is 0.968 bits per heavy atom. The highest BCUT2D eigenvalue weighted by Crippen LogP contribution is 2.27. The molecule has 2 aromatic rings. The number of halogens is 2. The molecule has 0 saturated carbocycles. The SMILES string of the molecule is COc1ccc(Cl)cc1NC(=O)CN(C)CC(=O)NCC(=O)Nc1cccc(Cl)c1C. The average Bonchev–Trinajstić information content (AvgIpc) is 2.70. The van der Waals surface area contributed by atoms with E-state index in [0.717, 1.165) is 5.56 Å². The summed E-state index contributed by atoms with van der Waals surface area (Å²) in [4.78, 5) is 37.9. The third-order valence-corrected chi connectivity index (χ3v) is 4.90. The molecule has 0 spiro atoms. The molecule has 31 heavy (non-hydrogen) atoms. The van der Waals surface area contributed by atoms with Crippen LogP contribution in [0.3, 0.4) is 0 Å². The maximum absolute atomic E-state index is 12.3. The largest absolute Gasteiger partial charge is 0.495 e. The van der Waals surface area contributed by atoms with Gasteiger partial charge >= 0.3 is 0 Å². The van der Waals surface area contributed by atoms with E-state index in [1.807, 2.05) is 0 Å². The lowest BCUT2D eigenvalue weighted by molar-refractivity contribution is -0.125. The van der Waals surface area contributed by atoms with Crippen molar-refractivity contribution < 1.29 is 19.1 Å². The van der Waals surface area contributed by atoms with Crippen molar-refractivity contribution in [1.29, 1.82) is 0 Å². The monoisotopic (exact) mass is 466 g/mol. The number of carbonyl (C=O) groups excluding carboxylic acids is 3. The molecule has 0 aliphatic carbocycles. The van der Waals surface area contributed by atoms with Crippen LogP contribution in [0.1, 0.15) is 5.56 Å². The Labute approximate surface area is 190 Å². The molecule has 8 nitrogen and oxygen atoms in total. The number of hydrogen-bond acceptors (Lipinski definition) is 5. The number of amides is 3. The number of nitrogens with zero attached hydrogens (tertiary/aromatic N) is 1. The first-order chi connectivity index (χ1) is 14.7. The molecule has 0 aromatic heterocycles. The lowest BCUT2D eigenvalue weighted by atomic mass is 10.2. The Morgan fingerprint density at radius 2 is 1.65 bits per heavy atom. The number of rotatable bonds is 9. The molecule has 10 heteroatoms. The molecule has 3 amide bonds. The van der Waals surface area contributed by atoms with E-state index < -0.39 is 5.91 Å². The van der Waals surface area contributed by atoms with Gasteiger partial charge in [-0.3, -0.25) is 19.3 Å². The van der Waals surface area contributed by atoms with Gasteiger partial charge in [0.15, 0.2) is 0 Å². The standard InChI is InChI=1S/C21H24Cl2N4O4/c1-13-15(23)5-4-6-16(13)25-19(28)10-24-20(29)11-27(2)12-21(30)26-17-9-14(22)7-8-18(17)31-3/h4-9H,10-12H2,1-3H3,(H,24,29)(H,25,28)(H,26,30). The van der Waals surface area contributed by atoms with Gasteiger partial charge in [0.05, 0.1) is 32.4 Å². The molecule has 0 heterocycles. The van der Waals surface area contributed by atoms with E-state index in [9.17, 15) is 14.4 Å². The first kappa shape index (κ1) is 24.5. The van der Waals surface area contributed by atoms with Crippen LogP contribution in [-0.4, -0.2) is 56.4 Å². The summed E-state index contributed by atoms with van der Waals surface area (Å²) in [5, 5.41) is 8.91. The van der Waals surface area contributed by atoms with E-state index >= 15 is 0 Å². The summed E-state index contributed by atoms with van der Waals surface area (Å²) in [6.07, 6.45) is 0. The lowest BCUT2D eigenvalue weighted by Gasteiger charge is -2.17. The molecule has 0 unspecified atom stereocenters. The fourth-order valence-electron chi connectivity index (χ4n) is 2.69. The zero-order chi connectivity index (χ0) is 23.0. The molecule has 0 aliphatic heterocycles. The molecule has 0 atom stereocenters. The van der Waals surface area contributed by atoms with Gasteiger partial charge in [-0.25, -0.2) is 0 Å². The van der Waals surface area contributed by atoms with Gasteiger partial charge in [0.1, 0.15) is 5.75 Å². The second-order valence-corrected chi connectivity index (χ2v) is 7.65. The maximum Gasteiger partial charge on any atom is 0.243 e. The quantitative estimate of drug-likeness (QED) is 0.527. The van der Waals surface area contributed by atoms with Crippen LogP contribution in [0.4, 0.5) is 11.4 Å². The summed E-state index contributed by atoms with van der Waals surface area (Å²) in [5.74, 6) is -0.648. The van der Waals surface area contributed by atoms with Crippen LogP contribution in [-0.2, 0) is 14.4 Å². The minimum Gasteiger partial charge on any atom is -0.495 e. The molecule has 0 saturated heterocycles. The Hall–Kier alpha value is -2.81. The molecular formula is C21H24Cl2N4O4. The molecule has 0 fully saturated rings. The van der Waals surface area contributed by atoms with Crippen LogP contribution in [0, 0.1) is 6.92 Å². The van der Waals surface area contributed by atoms with Crippen molar-refractivity contribution in [2.75, 3.05) is 44.4 Å². The fraction of sp³-hybridized carbons (Fsp3) is 0.286. The van der Waals surface area contributed by atoms with E-state index in [1.54, 1.807) is 50.4 Å². The molecule has 2 aromatic carbocycles. The van der Waals surface area contributed by atoms with Crippen LogP contribution in [0.15, 0.2) is 36.4 Å². The van der Waals surface area contributed by atoms with Crippen molar-refractivity contribution in [1.82, 2.24) is 10.2 Å². The van der Waals surface area contributed by atoms with Crippen LogP contribution in [0.5, 0.6) is 5.75 Å². The van der Waals surface area contributed by atoms with Crippen molar-refractivity contribution in [3.63, 3.8) is 0 Å². The second-order valence-electron chi connectivity index (χ2n) is 6.80. The topological polar surface area (TPSA) is 99.8 Å². The van der Waals surface area contributed by atoms with Crippen LogP contribution >= 0.6 is 23.2 Å². The normalized spacial score (nSPS) is 10.5. The Kier molecular flexibility index (Phi) is 9.11. The third kappa shape index (κ3) is 7.75. The number of methoxy groups -OCH3 is 1. The molecule has 2 rings (SSSR count). The van der Waals surface area contributed by atoms with Gasteiger partial charge in [-0.15, -0.1) is 0 Å². The van der Waals surface area contributed by atoms with Crippen molar-refractivity contribution in [2.45, 2.75) is 6.92 Å². The van der Waals surface area contributed by atoms with E-state index in [-0.39, 0.29) is 31.4 Å². The van der Waals surface area contributed by atoms with Crippen LogP contribution in [0.2, 0.25) is 10.0 Å². The van der Waals surface area contributed by atoms with Crippen LogP contribution < -0.4 is 20.7 Å². The highest BCUT2D eigenvalue weighted by molar-refractivity contribution is 6.32. The number of anilines is 2. The minimum absolute atomic E-state index is 0.0446. The highest BCUT2D eigenvalue weighted by Gasteiger charge is 2.14. The third-order valence-electron chi connectivity index (χ3n) is 4.25. The summed E-state index contributed by atoms with van der Waals surface area (Å²) in [7, 11) is 3.10. The predicted molar refractivity (Wildman–Crippen MR) is 122 cm³/mol. The molecule has 0 bridgehead atoms. The van der Waals surface area contributed by atoms with Crippen molar-refractivity contribution in [2.24, 2.45) is 0 Å². The van der Waals surface area contributed by atoms with E-state index in [1.165, 1.54) is 12.0 Å². The number of nitrogens with one attached hydrogen (secondary N) is 3. The number of carbonyl (C=O) groups is 3. The first-order valence-corrected chi connectivity index (χ1v) is 10.1. The number of benzene rings is 2. The van der Waals surface area contributed by atoms with Gasteiger partial charge in [-0.05, 0) is 49.9 Å². The minimum atomic E-state index is -0.395. The predicted octanol–water partition coefficient (Wildman–Crippen LogP) is 2.94.